The van der Waals surface area contributed by atoms with Crippen molar-refractivity contribution in [3.8, 4) is 11.5 Å². The van der Waals surface area contributed by atoms with Crippen molar-refractivity contribution < 1.29 is 28.8 Å². The van der Waals surface area contributed by atoms with Crippen LogP contribution in [-0.4, -0.2) is 47.6 Å². The lowest BCUT2D eigenvalue weighted by Crippen LogP contribution is -2.36. The molecule has 31 heavy (non-hydrogen) atoms. The smallest absolute Gasteiger partial charge is 0.294 e. The fraction of sp³-hybridized carbons (Fsp3) is 0.150. The minimum Gasteiger partial charge on any atom is -0.497 e. The molecule has 0 atom stereocenters. The van der Waals surface area contributed by atoms with E-state index in [-0.39, 0.29) is 16.2 Å². The zero-order valence-corrected chi connectivity index (χ0v) is 17.3. The van der Waals surface area contributed by atoms with Gasteiger partial charge in [0.1, 0.15) is 18.0 Å². The Bertz CT molecular complexity index is 1080. The molecule has 3 amide bonds. The predicted molar refractivity (Wildman–Crippen MR) is 114 cm³/mol. The van der Waals surface area contributed by atoms with Crippen molar-refractivity contribution in [1.82, 2.24) is 4.90 Å². The number of hydrogen-bond donors (Lipinski definition) is 1. The van der Waals surface area contributed by atoms with E-state index in [1.165, 1.54) is 38.5 Å². The van der Waals surface area contributed by atoms with Gasteiger partial charge in [0, 0.05) is 23.4 Å². The molecule has 1 fully saturated rings. The SMILES string of the molecule is COc1ccc(NC(=O)CN2C(=O)S/C(=C/c3cc([N+](=O)[O-])ccc3OC)C2=O)cc1. The lowest BCUT2D eigenvalue weighted by Gasteiger charge is -2.12. The summed E-state index contributed by atoms with van der Waals surface area (Å²) in [5, 5.41) is 13.0. The molecule has 11 heteroatoms. The maximum Gasteiger partial charge on any atom is 0.294 e. The van der Waals surface area contributed by atoms with Crippen molar-refractivity contribution in [2.24, 2.45) is 0 Å². The van der Waals surface area contributed by atoms with Crippen LogP contribution in [0.15, 0.2) is 47.4 Å². The summed E-state index contributed by atoms with van der Waals surface area (Å²) in [6.07, 6.45) is 1.33. The minimum absolute atomic E-state index is 0.0287. The largest absolute Gasteiger partial charge is 0.497 e. The van der Waals surface area contributed by atoms with Crippen molar-refractivity contribution >= 4 is 46.3 Å². The van der Waals surface area contributed by atoms with Crippen molar-refractivity contribution in [1.29, 1.82) is 0 Å². The van der Waals surface area contributed by atoms with Crippen LogP contribution in [0.4, 0.5) is 16.2 Å². The number of methoxy groups -OCH3 is 2. The quantitative estimate of drug-likeness (QED) is 0.392. The second-order valence-corrected chi connectivity index (χ2v) is 7.22. The first-order valence-corrected chi connectivity index (χ1v) is 9.65. The highest BCUT2D eigenvalue weighted by Crippen LogP contribution is 2.35. The summed E-state index contributed by atoms with van der Waals surface area (Å²) in [6, 6.07) is 10.5. The lowest BCUT2D eigenvalue weighted by molar-refractivity contribution is -0.384. The highest BCUT2D eigenvalue weighted by molar-refractivity contribution is 8.18. The number of nitrogens with zero attached hydrogens (tertiary/aromatic N) is 2. The normalized spacial score (nSPS) is 14.6. The van der Waals surface area contributed by atoms with E-state index in [4.69, 9.17) is 9.47 Å². The molecule has 0 aliphatic carbocycles. The topological polar surface area (TPSA) is 128 Å². The van der Waals surface area contributed by atoms with Gasteiger partial charge < -0.3 is 14.8 Å². The van der Waals surface area contributed by atoms with Crippen LogP contribution in [0, 0.1) is 10.1 Å². The van der Waals surface area contributed by atoms with Crippen molar-refractivity contribution in [2.75, 3.05) is 26.1 Å². The highest BCUT2D eigenvalue weighted by Gasteiger charge is 2.36. The molecule has 1 N–H and O–H groups in total. The molecule has 1 heterocycles. The number of thioether (sulfide) groups is 1. The molecule has 2 aromatic rings. The summed E-state index contributed by atoms with van der Waals surface area (Å²) in [6.45, 7) is -0.472. The molecule has 3 rings (SSSR count). The zero-order chi connectivity index (χ0) is 22.5. The van der Waals surface area contributed by atoms with Crippen LogP contribution in [0.25, 0.3) is 6.08 Å². The summed E-state index contributed by atoms with van der Waals surface area (Å²) < 4.78 is 10.2. The second-order valence-electron chi connectivity index (χ2n) is 6.23. The molecular weight excluding hydrogens is 426 g/mol. The predicted octanol–water partition coefficient (Wildman–Crippen LogP) is 3.29. The Kier molecular flexibility index (Phi) is 6.55. The van der Waals surface area contributed by atoms with Gasteiger partial charge in [-0.3, -0.25) is 29.4 Å². The molecule has 0 spiro atoms. The molecule has 2 aromatic carbocycles. The van der Waals surface area contributed by atoms with Crippen LogP contribution in [0.5, 0.6) is 11.5 Å². The highest BCUT2D eigenvalue weighted by atomic mass is 32.2. The molecule has 0 saturated carbocycles. The first-order valence-electron chi connectivity index (χ1n) is 8.84. The van der Waals surface area contributed by atoms with Crippen molar-refractivity contribution in [3.63, 3.8) is 0 Å². The molecule has 0 radical (unpaired) electrons. The number of rotatable bonds is 7. The lowest BCUT2D eigenvalue weighted by atomic mass is 10.1. The van der Waals surface area contributed by atoms with Gasteiger partial charge in [0.2, 0.25) is 5.91 Å². The maximum atomic E-state index is 12.7. The van der Waals surface area contributed by atoms with E-state index in [1.54, 1.807) is 24.3 Å². The number of benzene rings is 2. The van der Waals surface area contributed by atoms with Gasteiger partial charge in [0.25, 0.3) is 16.8 Å². The number of carbonyl (C=O) groups is 3. The third kappa shape index (κ3) is 5.01. The number of imide groups is 1. The fourth-order valence-corrected chi connectivity index (χ4v) is 3.57. The van der Waals surface area contributed by atoms with E-state index in [0.29, 0.717) is 28.9 Å². The maximum absolute atomic E-state index is 12.7. The van der Waals surface area contributed by atoms with Gasteiger partial charge in [-0.05, 0) is 48.2 Å². The molecule has 1 saturated heterocycles. The number of non-ortho nitro benzene ring substituents is 1. The third-order valence-corrected chi connectivity index (χ3v) is 5.17. The van der Waals surface area contributed by atoms with Gasteiger partial charge >= 0.3 is 0 Å². The average molecular weight is 443 g/mol. The van der Waals surface area contributed by atoms with Crippen LogP contribution in [-0.2, 0) is 9.59 Å². The Hall–Kier alpha value is -3.86. The number of nitrogens with one attached hydrogen (secondary N) is 1. The molecule has 0 aromatic heterocycles. The van der Waals surface area contributed by atoms with E-state index < -0.39 is 28.5 Å². The molecule has 1 aliphatic rings. The number of hydrogen-bond acceptors (Lipinski definition) is 8. The van der Waals surface area contributed by atoms with Gasteiger partial charge in [0.15, 0.2) is 0 Å². The Labute approximate surface area is 181 Å². The molecule has 10 nitrogen and oxygen atoms in total. The number of anilines is 1. The van der Waals surface area contributed by atoms with Crippen LogP contribution >= 0.6 is 11.8 Å². The standard InChI is InChI=1S/C20H17N3O7S/c1-29-15-6-3-13(4-7-15)21-18(24)11-22-19(25)17(31-20(22)26)10-12-9-14(23(27)28)5-8-16(12)30-2/h3-10H,11H2,1-2H3,(H,21,24)/b17-10+. The Morgan fingerprint density at radius 3 is 2.48 bits per heavy atom. The first-order chi connectivity index (χ1) is 14.8. The fourth-order valence-electron chi connectivity index (χ4n) is 2.74. The summed E-state index contributed by atoms with van der Waals surface area (Å²) in [4.78, 5) is 48.5. The third-order valence-electron chi connectivity index (χ3n) is 4.26. The number of carbonyl (C=O) groups excluding carboxylic acids is 3. The molecule has 0 bridgehead atoms. The Balaban J connectivity index is 1.75. The summed E-state index contributed by atoms with van der Waals surface area (Å²) >= 11 is 0.640. The number of ether oxygens (including phenoxy) is 2. The average Bonchev–Trinajstić information content (AvgIpc) is 3.01. The van der Waals surface area contributed by atoms with Gasteiger partial charge in [-0.1, -0.05) is 0 Å². The van der Waals surface area contributed by atoms with Crippen molar-refractivity contribution in [3.05, 3.63) is 63.0 Å². The minimum atomic E-state index is -0.673. The zero-order valence-electron chi connectivity index (χ0n) is 16.5. The van der Waals surface area contributed by atoms with E-state index >= 15 is 0 Å². The van der Waals surface area contributed by atoms with Gasteiger partial charge in [-0.25, -0.2) is 0 Å². The molecule has 1 aliphatic heterocycles. The summed E-state index contributed by atoms with van der Waals surface area (Å²) in [5.74, 6) is -0.310. The Morgan fingerprint density at radius 1 is 1.16 bits per heavy atom. The summed E-state index contributed by atoms with van der Waals surface area (Å²) in [7, 11) is 2.90. The van der Waals surface area contributed by atoms with Gasteiger partial charge in [-0.15, -0.1) is 0 Å². The van der Waals surface area contributed by atoms with Crippen molar-refractivity contribution in [2.45, 2.75) is 0 Å². The molecule has 160 valence electrons. The first kappa shape index (κ1) is 21.8. The Morgan fingerprint density at radius 2 is 1.87 bits per heavy atom. The van der Waals surface area contributed by atoms with Gasteiger partial charge in [-0.2, -0.15) is 0 Å². The van der Waals surface area contributed by atoms with Crippen LogP contribution in [0.1, 0.15) is 5.56 Å². The van der Waals surface area contributed by atoms with E-state index in [2.05, 4.69) is 5.32 Å². The number of nitro groups is 1. The number of amides is 3. The molecule has 0 unspecified atom stereocenters. The van der Waals surface area contributed by atoms with Crippen LogP contribution in [0.2, 0.25) is 0 Å². The van der Waals surface area contributed by atoms with Crippen LogP contribution < -0.4 is 14.8 Å². The van der Waals surface area contributed by atoms with Crippen LogP contribution in [0.3, 0.4) is 0 Å². The number of nitro benzene ring substituents is 1. The second kappa shape index (κ2) is 9.30. The monoisotopic (exact) mass is 443 g/mol. The molecular formula is C20H17N3O7S. The van der Waals surface area contributed by atoms with E-state index in [1.807, 2.05) is 0 Å². The van der Waals surface area contributed by atoms with Gasteiger partial charge in [0.05, 0.1) is 24.0 Å². The van der Waals surface area contributed by atoms with E-state index in [0.717, 1.165) is 4.90 Å². The summed E-state index contributed by atoms with van der Waals surface area (Å²) in [5.41, 5.74) is 0.560. The van der Waals surface area contributed by atoms with E-state index in [9.17, 15) is 24.5 Å².